The number of halogens is 2. The highest BCUT2D eigenvalue weighted by molar-refractivity contribution is 6.31. The molecule has 3 unspecified atom stereocenters. The van der Waals surface area contributed by atoms with Gasteiger partial charge in [-0.15, -0.1) is 0 Å². The summed E-state index contributed by atoms with van der Waals surface area (Å²) in [7, 11) is 0. The number of rotatable bonds is 5. The van der Waals surface area contributed by atoms with E-state index in [0.29, 0.717) is 17.1 Å². The van der Waals surface area contributed by atoms with Gasteiger partial charge >= 0.3 is 0 Å². The van der Waals surface area contributed by atoms with Crippen LogP contribution in [0.4, 0.5) is 4.39 Å². The predicted molar refractivity (Wildman–Crippen MR) is 108 cm³/mol. The molecule has 2 N–H and O–H groups in total. The Hall–Kier alpha value is -2.15. The molecule has 150 valence electrons. The van der Waals surface area contributed by atoms with Gasteiger partial charge in [0, 0.05) is 48.0 Å². The van der Waals surface area contributed by atoms with Crippen LogP contribution in [-0.2, 0) is 19.4 Å². The van der Waals surface area contributed by atoms with Gasteiger partial charge in [0.25, 0.3) is 0 Å². The van der Waals surface area contributed by atoms with Crippen LogP contribution in [0.1, 0.15) is 49.8 Å². The van der Waals surface area contributed by atoms with Gasteiger partial charge in [-0.1, -0.05) is 24.6 Å². The molecule has 8 heteroatoms. The molecule has 2 heterocycles. The number of aliphatic imine (C=N–C) groups is 1. The normalized spacial score (nSPS) is 24.0. The lowest BCUT2D eigenvalue weighted by molar-refractivity contribution is 0.391. The highest BCUT2D eigenvalue weighted by Crippen LogP contribution is 2.44. The molecule has 1 aromatic carbocycles. The summed E-state index contributed by atoms with van der Waals surface area (Å²) in [5.74, 6) is 2.58. The number of aromatic nitrogens is 3. The molecule has 4 rings (SSSR count). The minimum Gasteiger partial charge on any atom is -0.353 e. The summed E-state index contributed by atoms with van der Waals surface area (Å²) in [4.78, 5) is 9.14. The average molecular weight is 405 g/mol. The number of fused-ring (bicyclic) bond motifs is 1. The first-order valence-corrected chi connectivity index (χ1v) is 10.4. The Kier molecular flexibility index (Phi) is 5.53. The summed E-state index contributed by atoms with van der Waals surface area (Å²) < 4.78 is 16.2. The van der Waals surface area contributed by atoms with Gasteiger partial charge in [-0.05, 0) is 31.9 Å². The van der Waals surface area contributed by atoms with E-state index in [4.69, 9.17) is 11.6 Å². The Morgan fingerprint density at radius 3 is 2.96 bits per heavy atom. The summed E-state index contributed by atoms with van der Waals surface area (Å²) in [6.07, 6.45) is 3.59. The average Bonchev–Trinajstić information content (AvgIpc) is 3.27. The molecule has 0 amide bonds. The van der Waals surface area contributed by atoms with E-state index in [9.17, 15) is 4.39 Å². The van der Waals surface area contributed by atoms with Crippen LogP contribution in [0.5, 0.6) is 0 Å². The molecule has 1 fully saturated rings. The molecule has 0 bridgehead atoms. The standard InChI is InChI=1S/C20H26ClFN6/c1-3-17-26-18-9-8-12(11-28(18)27-17)24-20(23-4-2)25-16-10-13(16)19-14(21)6-5-7-15(19)22/h5-7,12-13,16H,3-4,8-11H2,1-2H3,(H2,23,24,25). The molecule has 2 aromatic rings. The molecule has 0 saturated heterocycles. The molecular weight excluding hydrogens is 379 g/mol. The van der Waals surface area contributed by atoms with Crippen LogP contribution in [0.2, 0.25) is 5.02 Å². The topological polar surface area (TPSA) is 67.1 Å². The van der Waals surface area contributed by atoms with Gasteiger partial charge in [0.1, 0.15) is 11.6 Å². The first-order valence-electron chi connectivity index (χ1n) is 10.0. The smallest absolute Gasteiger partial charge is 0.191 e. The number of hydrogen-bond acceptors (Lipinski definition) is 3. The summed E-state index contributed by atoms with van der Waals surface area (Å²) in [6, 6.07) is 5.24. The maximum atomic E-state index is 14.2. The second-order valence-corrected chi connectivity index (χ2v) is 7.82. The van der Waals surface area contributed by atoms with E-state index < -0.39 is 0 Å². The van der Waals surface area contributed by atoms with Crippen molar-refractivity contribution in [2.75, 3.05) is 6.54 Å². The molecule has 3 atom stereocenters. The molecule has 1 saturated carbocycles. The van der Waals surface area contributed by atoms with Crippen LogP contribution in [0, 0.1) is 5.82 Å². The quantitative estimate of drug-likeness (QED) is 0.593. The van der Waals surface area contributed by atoms with Crippen LogP contribution in [0.15, 0.2) is 23.2 Å². The first kappa shape index (κ1) is 19.2. The molecule has 1 aliphatic heterocycles. The summed E-state index contributed by atoms with van der Waals surface area (Å²) >= 11 is 6.22. The number of benzene rings is 1. The van der Waals surface area contributed by atoms with Crippen LogP contribution in [-0.4, -0.2) is 39.4 Å². The first-order chi connectivity index (χ1) is 13.6. The van der Waals surface area contributed by atoms with Crippen molar-refractivity contribution in [2.45, 2.75) is 64.1 Å². The van der Waals surface area contributed by atoms with Crippen molar-refractivity contribution in [2.24, 2.45) is 4.99 Å². The molecule has 1 aromatic heterocycles. The van der Waals surface area contributed by atoms with Crippen molar-refractivity contribution in [3.8, 4) is 0 Å². The Balaban J connectivity index is 1.39. The van der Waals surface area contributed by atoms with E-state index in [2.05, 4.69) is 32.6 Å². The molecule has 0 spiro atoms. The van der Waals surface area contributed by atoms with Gasteiger partial charge in [0.2, 0.25) is 0 Å². The Morgan fingerprint density at radius 2 is 2.21 bits per heavy atom. The van der Waals surface area contributed by atoms with Gasteiger partial charge in [0.05, 0.1) is 6.54 Å². The van der Waals surface area contributed by atoms with E-state index in [-0.39, 0.29) is 23.8 Å². The second-order valence-electron chi connectivity index (χ2n) is 7.41. The van der Waals surface area contributed by atoms with Crippen LogP contribution in [0.25, 0.3) is 0 Å². The third kappa shape index (κ3) is 3.99. The van der Waals surface area contributed by atoms with Crippen LogP contribution >= 0.6 is 11.6 Å². The Morgan fingerprint density at radius 1 is 1.36 bits per heavy atom. The van der Waals surface area contributed by atoms with Crippen molar-refractivity contribution in [1.29, 1.82) is 0 Å². The third-order valence-electron chi connectivity index (χ3n) is 5.36. The predicted octanol–water partition coefficient (Wildman–Crippen LogP) is 3.06. The fourth-order valence-corrected chi connectivity index (χ4v) is 4.13. The number of nitrogens with one attached hydrogen (secondary N) is 2. The summed E-state index contributed by atoms with van der Waals surface area (Å²) in [6.45, 7) is 5.53. The second kappa shape index (κ2) is 8.07. The monoisotopic (exact) mass is 404 g/mol. The van der Waals surface area contributed by atoms with E-state index >= 15 is 0 Å². The van der Waals surface area contributed by atoms with Crippen molar-refractivity contribution in [1.82, 2.24) is 25.4 Å². The molecular formula is C20H26ClFN6. The van der Waals surface area contributed by atoms with Gasteiger partial charge in [-0.2, -0.15) is 5.10 Å². The van der Waals surface area contributed by atoms with Gasteiger partial charge in [-0.25, -0.2) is 14.1 Å². The lowest BCUT2D eigenvalue weighted by atomic mass is 10.1. The minimum atomic E-state index is -0.235. The fraction of sp³-hybridized carbons (Fsp3) is 0.550. The molecule has 0 radical (unpaired) electrons. The van der Waals surface area contributed by atoms with Crippen molar-refractivity contribution < 1.29 is 4.39 Å². The lowest BCUT2D eigenvalue weighted by Crippen LogP contribution is -2.48. The minimum absolute atomic E-state index is 0.0814. The van der Waals surface area contributed by atoms with Crippen molar-refractivity contribution >= 4 is 17.6 Å². The largest absolute Gasteiger partial charge is 0.353 e. The highest BCUT2D eigenvalue weighted by atomic mass is 35.5. The number of aryl methyl sites for hydroxylation is 2. The third-order valence-corrected chi connectivity index (χ3v) is 5.69. The van der Waals surface area contributed by atoms with Crippen LogP contribution in [0.3, 0.4) is 0 Å². The van der Waals surface area contributed by atoms with E-state index in [1.807, 2.05) is 11.6 Å². The summed E-state index contributed by atoms with van der Waals surface area (Å²) in [5, 5.41) is 12.0. The molecule has 2 aliphatic rings. The van der Waals surface area contributed by atoms with E-state index in [0.717, 1.165) is 49.8 Å². The zero-order valence-electron chi connectivity index (χ0n) is 16.3. The molecule has 28 heavy (non-hydrogen) atoms. The van der Waals surface area contributed by atoms with E-state index in [1.54, 1.807) is 12.1 Å². The number of guanidine groups is 1. The van der Waals surface area contributed by atoms with Crippen molar-refractivity contribution in [3.63, 3.8) is 0 Å². The molecule has 6 nitrogen and oxygen atoms in total. The summed E-state index contributed by atoms with van der Waals surface area (Å²) in [5.41, 5.74) is 0.606. The zero-order valence-corrected chi connectivity index (χ0v) is 17.0. The lowest BCUT2D eigenvalue weighted by Gasteiger charge is -2.25. The zero-order chi connectivity index (χ0) is 19.7. The van der Waals surface area contributed by atoms with Gasteiger partial charge < -0.3 is 10.6 Å². The Bertz CT molecular complexity index is 859. The van der Waals surface area contributed by atoms with Gasteiger partial charge in [-0.3, -0.25) is 4.99 Å². The van der Waals surface area contributed by atoms with Gasteiger partial charge in [0.15, 0.2) is 11.8 Å². The van der Waals surface area contributed by atoms with E-state index in [1.165, 1.54) is 6.07 Å². The van der Waals surface area contributed by atoms with Crippen molar-refractivity contribution in [3.05, 3.63) is 46.3 Å². The number of hydrogen-bond donors (Lipinski definition) is 2. The maximum Gasteiger partial charge on any atom is 0.191 e. The highest BCUT2D eigenvalue weighted by Gasteiger charge is 2.42. The maximum absolute atomic E-state index is 14.2. The SMILES string of the molecule is CCN=C(NC1CCc2nc(CC)nn2C1)NC1CC1c1c(F)cccc1Cl. The Labute approximate surface area is 169 Å². The fourth-order valence-electron chi connectivity index (χ4n) is 3.83. The van der Waals surface area contributed by atoms with Crippen LogP contribution < -0.4 is 10.6 Å². The number of nitrogens with zero attached hydrogens (tertiary/aromatic N) is 4. The molecule has 1 aliphatic carbocycles.